The number of hydrogen-bond donors (Lipinski definition) is 3. The average molecular weight is 560 g/mol. The van der Waals surface area contributed by atoms with E-state index in [9.17, 15) is 14.7 Å². The lowest BCUT2D eigenvalue weighted by Gasteiger charge is -2.15. The molecule has 0 aliphatic rings. The Morgan fingerprint density at radius 3 is 2.29 bits per heavy atom. The van der Waals surface area contributed by atoms with Crippen molar-refractivity contribution >= 4 is 50.7 Å². The first-order valence-corrected chi connectivity index (χ1v) is 11.5. The third-order valence-corrected chi connectivity index (χ3v) is 6.13. The first-order valence-electron chi connectivity index (χ1n) is 9.99. The number of rotatable bonds is 5. The van der Waals surface area contributed by atoms with Crippen LogP contribution in [0.25, 0.3) is 5.69 Å². The second-order valence-corrected chi connectivity index (χ2v) is 8.86. The number of aromatic hydroxyl groups is 1. The molecule has 7 nitrogen and oxygen atoms in total. The zero-order valence-electron chi connectivity index (χ0n) is 17.4. The summed E-state index contributed by atoms with van der Waals surface area (Å²) in [4.78, 5) is 32.2. The van der Waals surface area contributed by atoms with Crippen molar-refractivity contribution < 1.29 is 5.11 Å². The quantitative estimate of drug-likeness (QED) is 0.226. The molecule has 0 bridgehead atoms. The topological polar surface area (TPSA) is 99.5 Å². The fourth-order valence-corrected chi connectivity index (χ4v) is 3.87. The van der Waals surface area contributed by atoms with Crippen molar-refractivity contribution in [3.8, 4) is 11.6 Å². The lowest BCUT2D eigenvalue weighted by Crippen LogP contribution is -2.35. The highest BCUT2D eigenvalue weighted by Gasteiger charge is 2.21. The van der Waals surface area contributed by atoms with Gasteiger partial charge in [-0.05, 0) is 48.0 Å². The van der Waals surface area contributed by atoms with Crippen LogP contribution in [0.4, 0.5) is 5.69 Å². The number of benzene rings is 3. The van der Waals surface area contributed by atoms with Crippen molar-refractivity contribution in [2.75, 3.05) is 5.32 Å². The molecule has 0 spiro atoms. The van der Waals surface area contributed by atoms with Gasteiger partial charge in [-0.1, -0.05) is 69.5 Å². The number of anilines is 1. The highest BCUT2D eigenvalue weighted by molar-refractivity contribution is 9.10. The van der Waals surface area contributed by atoms with Crippen LogP contribution in [0.5, 0.6) is 5.88 Å². The van der Waals surface area contributed by atoms with Crippen molar-refractivity contribution in [3.63, 3.8) is 0 Å². The molecule has 0 fully saturated rings. The Hall–Kier alpha value is -3.33. The highest BCUT2D eigenvalue weighted by atomic mass is 79.9. The molecule has 3 aromatic carbocycles. The number of H-pyrrole nitrogens is 1. The number of aromatic amines is 1. The van der Waals surface area contributed by atoms with E-state index in [1.165, 1.54) is 0 Å². The van der Waals surface area contributed by atoms with Crippen molar-refractivity contribution in [2.24, 2.45) is 4.99 Å². The van der Waals surface area contributed by atoms with Gasteiger partial charge < -0.3 is 10.4 Å². The lowest BCUT2D eigenvalue weighted by atomic mass is 10.2. The van der Waals surface area contributed by atoms with Crippen LogP contribution in [-0.2, 0) is 6.54 Å². The number of nitrogens with one attached hydrogen (secondary N) is 2. The third kappa shape index (κ3) is 5.09. The summed E-state index contributed by atoms with van der Waals surface area (Å²) in [7, 11) is 0. The van der Waals surface area contributed by atoms with Crippen LogP contribution in [0.15, 0.2) is 91.9 Å². The van der Waals surface area contributed by atoms with Gasteiger partial charge in [0.1, 0.15) is 11.4 Å². The summed E-state index contributed by atoms with van der Waals surface area (Å²) < 4.78 is 1.78. The van der Waals surface area contributed by atoms with Gasteiger partial charge in [-0.3, -0.25) is 14.8 Å². The molecule has 0 aliphatic heterocycles. The fraction of sp³-hybridized carbons (Fsp3) is 0.0417. The van der Waals surface area contributed by atoms with Gasteiger partial charge in [-0.2, -0.15) is 0 Å². The van der Waals surface area contributed by atoms with Crippen molar-refractivity contribution in [2.45, 2.75) is 6.54 Å². The molecule has 4 rings (SSSR count). The molecule has 0 aliphatic carbocycles. The smallest absolute Gasteiger partial charge is 0.335 e. The summed E-state index contributed by atoms with van der Waals surface area (Å²) in [6, 6.07) is 20.7. The van der Waals surface area contributed by atoms with Crippen LogP contribution in [0.3, 0.4) is 0 Å². The Kier molecular flexibility index (Phi) is 7.21. The average Bonchev–Trinajstić information content (AvgIpc) is 2.80. The second-order valence-electron chi connectivity index (χ2n) is 7.13. The van der Waals surface area contributed by atoms with Gasteiger partial charge in [0, 0.05) is 9.50 Å². The SMILES string of the molecule is O=c1[nH]c(=O)n(-c2ccc(Br)cc2)c(O)c1C(=NCc1ccccc1Cl)Nc1ccccc1Cl. The number of para-hydroxylation sites is 1. The van der Waals surface area contributed by atoms with E-state index in [-0.39, 0.29) is 17.9 Å². The molecule has 1 aromatic heterocycles. The molecule has 0 radical (unpaired) electrons. The predicted octanol–water partition coefficient (Wildman–Crippen LogP) is 5.36. The minimum atomic E-state index is -0.812. The Morgan fingerprint density at radius 1 is 0.971 bits per heavy atom. The molecular weight excluding hydrogens is 543 g/mol. The van der Waals surface area contributed by atoms with E-state index in [0.717, 1.165) is 9.04 Å². The molecule has 0 saturated carbocycles. The second kappa shape index (κ2) is 10.3. The van der Waals surface area contributed by atoms with E-state index in [0.29, 0.717) is 27.0 Å². The Labute approximate surface area is 212 Å². The maximum absolute atomic E-state index is 12.9. The van der Waals surface area contributed by atoms with Crippen molar-refractivity contribution in [1.82, 2.24) is 9.55 Å². The highest BCUT2D eigenvalue weighted by Crippen LogP contribution is 2.25. The normalized spacial score (nSPS) is 11.4. The Morgan fingerprint density at radius 2 is 1.62 bits per heavy atom. The molecular formula is C24H17BrCl2N4O3. The summed E-state index contributed by atoms with van der Waals surface area (Å²) in [5, 5.41) is 15.0. The summed E-state index contributed by atoms with van der Waals surface area (Å²) in [5.74, 6) is -0.564. The molecule has 172 valence electrons. The van der Waals surface area contributed by atoms with Gasteiger partial charge in [-0.15, -0.1) is 0 Å². The monoisotopic (exact) mass is 558 g/mol. The molecule has 10 heteroatoms. The zero-order valence-corrected chi connectivity index (χ0v) is 20.5. The van der Waals surface area contributed by atoms with Crippen LogP contribution in [0.2, 0.25) is 10.0 Å². The molecule has 3 N–H and O–H groups in total. The van der Waals surface area contributed by atoms with Crippen molar-refractivity contribution in [3.05, 3.63) is 119 Å². The van der Waals surface area contributed by atoms with Crippen LogP contribution in [0.1, 0.15) is 11.1 Å². The number of aliphatic imine (C=N–C) groups is 1. The number of amidine groups is 1. The summed E-state index contributed by atoms with van der Waals surface area (Å²) >= 11 is 15.9. The molecule has 0 atom stereocenters. The van der Waals surface area contributed by atoms with Gasteiger partial charge >= 0.3 is 5.69 Å². The summed E-state index contributed by atoms with van der Waals surface area (Å²) in [6.07, 6.45) is 0. The van der Waals surface area contributed by atoms with Gasteiger partial charge in [0.2, 0.25) is 5.88 Å². The van der Waals surface area contributed by atoms with E-state index in [2.05, 4.69) is 31.2 Å². The van der Waals surface area contributed by atoms with E-state index >= 15 is 0 Å². The number of halogens is 3. The minimum absolute atomic E-state index is 0.0117. The van der Waals surface area contributed by atoms with Crippen LogP contribution < -0.4 is 16.6 Å². The minimum Gasteiger partial charge on any atom is -0.493 e. The van der Waals surface area contributed by atoms with Gasteiger partial charge in [0.05, 0.1) is 22.9 Å². The van der Waals surface area contributed by atoms with Crippen LogP contribution in [0, 0.1) is 0 Å². The largest absolute Gasteiger partial charge is 0.493 e. The maximum Gasteiger partial charge on any atom is 0.335 e. The van der Waals surface area contributed by atoms with Crippen molar-refractivity contribution in [1.29, 1.82) is 0 Å². The first kappa shape index (κ1) is 23.8. The summed E-state index contributed by atoms with van der Waals surface area (Å²) in [6.45, 7) is 0.0999. The summed E-state index contributed by atoms with van der Waals surface area (Å²) in [5.41, 5.74) is -0.312. The third-order valence-electron chi connectivity index (χ3n) is 4.90. The van der Waals surface area contributed by atoms with E-state index in [1.807, 2.05) is 6.07 Å². The molecule has 1 heterocycles. The molecule has 4 aromatic rings. The predicted molar refractivity (Wildman–Crippen MR) is 139 cm³/mol. The molecule has 0 saturated heterocycles. The van der Waals surface area contributed by atoms with Gasteiger partial charge in [-0.25, -0.2) is 9.36 Å². The molecule has 0 amide bonds. The Bertz CT molecular complexity index is 1500. The first-order chi connectivity index (χ1) is 16.3. The van der Waals surface area contributed by atoms with E-state index < -0.39 is 17.1 Å². The van der Waals surface area contributed by atoms with E-state index in [1.54, 1.807) is 66.7 Å². The number of hydrogen-bond acceptors (Lipinski definition) is 4. The molecule has 0 unspecified atom stereocenters. The van der Waals surface area contributed by atoms with Crippen LogP contribution >= 0.6 is 39.1 Å². The van der Waals surface area contributed by atoms with E-state index in [4.69, 9.17) is 23.2 Å². The standard InChI is InChI=1S/C24H17BrCl2N4O3/c25-15-9-11-16(12-10-15)31-23(33)20(22(32)30-24(31)34)21(29-19-8-4-3-7-18(19)27)28-13-14-5-1-2-6-17(14)26/h1-12,33H,13H2,(H,28,29)(H,30,32,34). The zero-order chi connectivity index (χ0) is 24.2. The number of aromatic nitrogens is 2. The number of nitrogens with zero attached hydrogens (tertiary/aromatic N) is 2. The maximum atomic E-state index is 12.9. The Balaban J connectivity index is 1.89. The molecule has 34 heavy (non-hydrogen) atoms. The van der Waals surface area contributed by atoms with Crippen LogP contribution in [-0.4, -0.2) is 20.5 Å². The lowest BCUT2D eigenvalue weighted by molar-refractivity contribution is 0.429. The van der Waals surface area contributed by atoms with Gasteiger partial charge in [0.25, 0.3) is 5.56 Å². The fourth-order valence-electron chi connectivity index (χ4n) is 3.23. The van der Waals surface area contributed by atoms with Gasteiger partial charge in [0.15, 0.2) is 0 Å².